The molecule has 0 amide bonds. The van der Waals surface area contributed by atoms with Crippen LogP contribution in [0.4, 0.5) is 11.5 Å². The topological polar surface area (TPSA) is 47.0 Å². The molecule has 4 rings (SSSR count). The number of halogens is 1. The van der Waals surface area contributed by atoms with Gasteiger partial charge in [-0.1, -0.05) is 47.9 Å². The van der Waals surface area contributed by atoms with Gasteiger partial charge in [-0.25, -0.2) is 0 Å². The molecule has 1 aromatic heterocycles. The molecule has 136 valence electrons. The van der Waals surface area contributed by atoms with Crippen LogP contribution in [0.3, 0.4) is 0 Å². The lowest BCUT2D eigenvalue weighted by Crippen LogP contribution is -1.99. The minimum absolute atomic E-state index is 0.242. The quantitative estimate of drug-likeness (QED) is 0.447. The van der Waals surface area contributed by atoms with E-state index in [9.17, 15) is 0 Å². The van der Waals surface area contributed by atoms with E-state index in [0.29, 0.717) is 10.8 Å². The summed E-state index contributed by atoms with van der Waals surface area (Å²) in [5.41, 5.74) is 2.61. The number of ether oxygens (including phenoxy) is 1. The monoisotopic (exact) mass is 385 g/mol. The molecule has 0 fully saturated rings. The van der Waals surface area contributed by atoms with Gasteiger partial charge in [-0.15, -0.1) is 16.6 Å². The summed E-state index contributed by atoms with van der Waals surface area (Å²) in [7, 11) is 0. The molecular weight excluding hydrogens is 370 g/mol. The van der Waals surface area contributed by atoms with E-state index in [2.05, 4.69) is 21.4 Å². The molecule has 0 bridgehead atoms. The number of aromatic nitrogens is 2. The average Bonchev–Trinajstić information content (AvgIpc) is 2.73. The highest BCUT2D eigenvalue weighted by molar-refractivity contribution is 6.30. The van der Waals surface area contributed by atoms with E-state index < -0.39 is 0 Å². The van der Waals surface area contributed by atoms with E-state index in [-0.39, 0.29) is 6.61 Å². The second-order valence-corrected chi connectivity index (χ2v) is 6.53. The fourth-order valence-electron chi connectivity index (χ4n) is 2.95. The van der Waals surface area contributed by atoms with Crippen LogP contribution in [0.1, 0.15) is 0 Å². The Morgan fingerprint density at radius 1 is 0.929 bits per heavy atom. The average molecular weight is 386 g/mol. The first-order chi connectivity index (χ1) is 13.7. The van der Waals surface area contributed by atoms with Crippen LogP contribution in [0.15, 0.2) is 72.8 Å². The zero-order valence-corrected chi connectivity index (χ0v) is 15.6. The summed E-state index contributed by atoms with van der Waals surface area (Å²) in [6, 6.07) is 23.2. The van der Waals surface area contributed by atoms with Gasteiger partial charge >= 0.3 is 0 Å². The maximum atomic E-state index is 6.08. The molecule has 0 spiro atoms. The number of hydrogen-bond donors (Lipinski definition) is 1. The number of terminal acetylenes is 1. The maximum Gasteiger partial charge on any atom is 0.161 e. The van der Waals surface area contributed by atoms with Gasteiger partial charge in [-0.05, 0) is 42.5 Å². The summed E-state index contributed by atoms with van der Waals surface area (Å²) >= 11 is 6.08. The number of nitrogens with zero attached hydrogens (tertiary/aromatic N) is 2. The lowest BCUT2D eigenvalue weighted by atomic mass is 10.0. The van der Waals surface area contributed by atoms with Crippen molar-refractivity contribution >= 4 is 33.9 Å². The highest BCUT2D eigenvalue weighted by Crippen LogP contribution is 2.32. The molecule has 0 unspecified atom stereocenters. The zero-order valence-electron chi connectivity index (χ0n) is 14.9. The van der Waals surface area contributed by atoms with Crippen molar-refractivity contribution in [3.8, 4) is 29.4 Å². The predicted octanol–water partition coefficient (Wildman–Crippen LogP) is 5.71. The standard InChI is InChI=1S/C23H16ClN3O/c1-2-14-28-19-12-10-16(11-13-19)22-20-8-3-4-9-21(20)23(27-26-22)25-18-7-5-6-17(24)15-18/h1,3-13,15H,14H2,(H,25,27). The molecule has 3 aromatic carbocycles. The summed E-state index contributed by atoms with van der Waals surface area (Å²) in [6.45, 7) is 0.242. The van der Waals surface area contributed by atoms with E-state index in [1.165, 1.54) is 0 Å². The molecule has 0 aliphatic rings. The van der Waals surface area contributed by atoms with Crippen LogP contribution in [0.25, 0.3) is 22.0 Å². The second-order valence-electron chi connectivity index (χ2n) is 6.10. The van der Waals surface area contributed by atoms with E-state index >= 15 is 0 Å². The van der Waals surface area contributed by atoms with Crippen LogP contribution in [-0.2, 0) is 0 Å². The van der Waals surface area contributed by atoms with Crippen LogP contribution in [0.5, 0.6) is 5.75 Å². The van der Waals surface area contributed by atoms with Gasteiger partial charge in [0.05, 0.1) is 0 Å². The first-order valence-electron chi connectivity index (χ1n) is 8.69. The molecule has 1 heterocycles. The van der Waals surface area contributed by atoms with Gasteiger partial charge in [0.2, 0.25) is 0 Å². The van der Waals surface area contributed by atoms with Gasteiger partial charge in [-0.3, -0.25) is 0 Å². The van der Waals surface area contributed by atoms with E-state index in [1.54, 1.807) is 0 Å². The molecule has 4 aromatic rings. The largest absolute Gasteiger partial charge is 0.481 e. The highest BCUT2D eigenvalue weighted by atomic mass is 35.5. The molecule has 0 atom stereocenters. The Kier molecular flexibility index (Phi) is 5.09. The Bertz CT molecular complexity index is 1170. The van der Waals surface area contributed by atoms with Crippen molar-refractivity contribution in [3.63, 3.8) is 0 Å². The fraction of sp³-hybridized carbons (Fsp3) is 0.0435. The maximum absolute atomic E-state index is 6.08. The minimum atomic E-state index is 0.242. The highest BCUT2D eigenvalue weighted by Gasteiger charge is 2.11. The lowest BCUT2D eigenvalue weighted by Gasteiger charge is -2.12. The van der Waals surface area contributed by atoms with E-state index in [0.717, 1.165) is 33.5 Å². The Hall–Kier alpha value is -3.55. The Morgan fingerprint density at radius 3 is 2.46 bits per heavy atom. The third kappa shape index (κ3) is 3.75. The SMILES string of the molecule is C#CCOc1ccc(-c2nnc(Nc3cccc(Cl)c3)c3ccccc23)cc1. The number of rotatable bonds is 5. The normalized spacial score (nSPS) is 10.4. The predicted molar refractivity (Wildman–Crippen MR) is 114 cm³/mol. The van der Waals surface area contributed by atoms with Crippen molar-refractivity contribution in [1.29, 1.82) is 0 Å². The third-order valence-corrected chi connectivity index (χ3v) is 4.46. The minimum Gasteiger partial charge on any atom is -0.481 e. The molecule has 28 heavy (non-hydrogen) atoms. The van der Waals surface area contributed by atoms with Crippen LogP contribution in [-0.4, -0.2) is 16.8 Å². The van der Waals surface area contributed by atoms with Gasteiger partial charge in [0.1, 0.15) is 18.1 Å². The Balaban J connectivity index is 1.72. The summed E-state index contributed by atoms with van der Waals surface area (Å²) < 4.78 is 5.44. The van der Waals surface area contributed by atoms with Crippen LogP contribution in [0, 0.1) is 12.3 Å². The second kappa shape index (κ2) is 7.99. The number of hydrogen-bond acceptors (Lipinski definition) is 4. The number of fused-ring (bicyclic) bond motifs is 1. The molecular formula is C23H16ClN3O. The Morgan fingerprint density at radius 2 is 1.71 bits per heavy atom. The van der Waals surface area contributed by atoms with E-state index in [1.807, 2.05) is 72.8 Å². The molecule has 0 saturated heterocycles. The number of nitrogens with one attached hydrogen (secondary N) is 1. The van der Waals surface area contributed by atoms with Crippen LogP contribution < -0.4 is 10.1 Å². The molecule has 0 radical (unpaired) electrons. The first kappa shape index (κ1) is 17.8. The fourth-order valence-corrected chi connectivity index (χ4v) is 3.14. The van der Waals surface area contributed by atoms with Crippen molar-refractivity contribution in [1.82, 2.24) is 10.2 Å². The van der Waals surface area contributed by atoms with Crippen LogP contribution in [0.2, 0.25) is 5.02 Å². The molecule has 1 N–H and O–H groups in total. The summed E-state index contributed by atoms with van der Waals surface area (Å²) in [4.78, 5) is 0. The zero-order chi connectivity index (χ0) is 19.3. The summed E-state index contributed by atoms with van der Waals surface area (Å²) in [5, 5.41) is 14.8. The molecule has 0 saturated carbocycles. The number of anilines is 2. The van der Waals surface area contributed by atoms with Crippen molar-refractivity contribution in [2.75, 3.05) is 11.9 Å². The van der Waals surface area contributed by atoms with Gasteiger partial charge in [0.15, 0.2) is 5.82 Å². The third-order valence-electron chi connectivity index (χ3n) is 4.22. The van der Waals surface area contributed by atoms with Crippen molar-refractivity contribution in [2.24, 2.45) is 0 Å². The van der Waals surface area contributed by atoms with Gasteiger partial charge in [-0.2, -0.15) is 0 Å². The molecule has 0 aliphatic carbocycles. The van der Waals surface area contributed by atoms with Crippen LogP contribution >= 0.6 is 11.6 Å². The molecule has 5 heteroatoms. The van der Waals surface area contributed by atoms with E-state index in [4.69, 9.17) is 22.8 Å². The van der Waals surface area contributed by atoms with Crippen molar-refractivity contribution < 1.29 is 4.74 Å². The number of benzene rings is 3. The Labute approximate surface area is 168 Å². The first-order valence-corrected chi connectivity index (χ1v) is 9.07. The molecule has 4 nitrogen and oxygen atoms in total. The van der Waals surface area contributed by atoms with Gasteiger partial charge in [0.25, 0.3) is 0 Å². The lowest BCUT2D eigenvalue weighted by molar-refractivity contribution is 0.370. The van der Waals surface area contributed by atoms with Crippen molar-refractivity contribution in [2.45, 2.75) is 0 Å². The summed E-state index contributed by atoms with van der Waals surface area (Å²) in [6.07, 6.45) is 5.23. The summed E-state index contributed by atoms with van der Waals surface area (Å²) in [5.74, 6) is 3.85. The smallest absolute Gasteiger partial charge is 0.161 e. The van der Waals surface area contributed by atoms with Gasteiger partial charge in [0, 0.05) is 27.0 Å². The van der Waals surface area contributed by atoms with Gasteiger partial charge < -0.3 is 10.1 Å². The van der Waals surface area contributed by atoms with Crippen molar-refractivity contribution in [3.05, 3.63) is 77.8 Å². The molecule has 0 aliphatic heterocycles.